The first kappa shape index (κ1) is 26.3. The van der Waals surface area contributed by atoms with Gasteiger partial charge in [-0.1, -0.05) is 42.5 Å². The van der Waals surface area contributed by atoms with Gasteiger partial charge in [0.1, 0.15) is 17.4 Å². The molecule has 3 amide bonds. The van der Waals surface area contributed by atoms with Gasteiger partial charge in [0, 0.05) is 24.5 Å². The summed E-state index contributed by atoms with van der Waals surface area (Å²) in [6, 6.07) is 14.7. The number of hydrogen-bond donors (Lipinski definition) is 1. The molecule has 0 bridgehead atoms. The summed E-state index contributed by atoms with van der Waals surface area (Å²) in [7, 11) is 1.57. The van der Waals surface area contributed by atoms with Crippen LogP contribution in [0.1, 0.15) is 13.8 Å². The Morgan fingerprint density at radius 1 is 0.900 bits per heavy atom. The lowest BCUT2D eigenvalue weighted by Gasteiger charge is -2.39. The highest BCUT2D eigenvalue weighted by molar-refractivity contribution is 6.07. The number of carbonyl (C=O) groups is 3. The molecule has 6 atom stereocenters. The molecule has 0 radical (unpaired) electrons. The molecule has 40 heavy (non-hydrogen) atoms. The number of anilines is 2. The predicted octanol–water partition coefficient (Wildman–Crippen LogP) is 2.55. The van der Waals surface area contributed by atoms with E-state index in [0.717, 1.165) is 5.69 Å². The Morgan fingerprint density at radius 3 is 2.17 bits per heavy atom. The van der Waals surface area contributed by atoms with Crippen LogP contribution in [-0.2, 0) is 19.1 Å². The largest absolute Gasteiger partial charge is 0.497 e. The molecule has 2 fully saturated rings. The third kappa shape index (κ3) is 3.72. The number of para-hydroxylation sites is 1. The summed E-state index contributed by atoms with van der Waals surface area (Å²) < 4.78 is 12.1. The van der Waals surface area contributed by atoms with E-state index in [-0.39, 0.29) is 30.9 Å². The molecule has 9 heteroatoms. The van der Waals surface area contributed by atoms with Crippen LogP contribution in [0.3, 0.4) is 0 Å². The number of likely N-dealkylation sites (tertiary alicyclic amines) is 1. The number of ether oxygens (including phenoxy) is 2. The fraction of sp³-hybridized carbons (Fsp3) is 0.387. The molecule has 0 aromatic heterocycles. The van der Waals surface area contributed by atoms with Crippen molar-refractivity contribution in [3.05, 3.63) is 78.9 Å². The van der Waals surface area contributed by atoms with E-state index in [2.05, 4.69) is 0 Å². The van der Waals surface area contributed by atoms with Gasteiger partial charge in [0.2, 0.25) is 11.8 Å². The molecule has 0 aliphatic carbocycles. The fourth-order valence-electron chi connectivity index (χ4n) is 6.86. The number of fused-ring (bicyclic) bond motifs is 2. The van der Waals surface area contributed by atoms with Crippen molar-refractivity contribution < 1.29 is 29.0 Å². The molecule has 2 aromatic rings. The highest BCUT2D eigenvalue weighted by Crippen LogP contribution is 2.58. The van der Waals surface area contributed by atoms with E-state index in [4.69, 9.17) is 9.47 Å². The summed E-state index contributed by atoms with van der Waals surface area (Å²) in [4.78, 5) is 47.8. The maximum atomic E-state index is 14.4. The number of benzene rings is 2. The lowest BCUT2D eigenvalue weighted by molar-refractivity contribution is -0.147. The van der Waals surface area contributed by atoms with Gasteiger partial charge in [-0.3, -0.25) is 14.4 Å². The van der Waals surface area contributed by atoms with Gasteiger partial charge in [0.25, 0.3) is 5.91 Å². The number of amides is 3. The molecule has 4 aliphatic rings. The van der Waals surface area contributed by atoms with Crippen molar-refractivity contribution in [2.24, 2.45) is 11.8 Å². The van der Waals surface area contributed by atoms with Crippen molar-refractivity contribution in [3.63, 3.8) is 0 Å². The minimum Gasteiger partial charge on any atom is -0.497 e. The standard InChI is InChI=1S/C31H33N3O6/c1-20(19-35)34-26-29(38)33(22-11-13-23(39-3)14-12-22)18-8-16-31(26)25(28(34)37)24-27(36)32(21-9-5-4-6-10-21)17-7-15-30(24,2)40-31/h4-16,20,24-26,35H,17-19H2,1-3H3/t20-,24+,25+,26?,30-,31+/m1/s1. The van der Waals surface area contributed by atoms with Gasteiger partial charge < -0.3 is 29.3 Å². The van der Waals surface area contributed by atoms with Gasteiger partial charge in [-0.2, -0.15) is 0 Å². The van der Waals surface area contributed by atoms with E-state index in [1.807, 2.05) is 55.5 Å². The second-order valence-electron chi connectivity index (χ2n) is 11.0. The van der Waals surface area contributed by atoms with Crippen LogP contribution in [0.2, 0.25) is 0 Å². The quantitative estimate of drug-likeness (QED) is 0.582. The maximum Gasteiger partial charge on any atom is 0.253 e. The Bertz CT molecular complexity index is 1390. The highest BCUT2D eigenvalue weighted by atomic mass is 16.5. The van der Waals surface area contributed by atoms with Crippen LogP contribution in [0.25, 0.3) is 0 Å². The average molecular weight is 544 g/mol. The SMILES string of the molecule is COc1ccc(N2CC=C[C@]34O[C@]5(C)C=CCN(c6ccccc6)C(=O)[C@@H]5[C@H]3C(=O)N([C@H](C)CO)C4C2=O)cc1. The number of aliphatic hydroxyl groups excluding tert-OH is 1. The monoisotopic (exact) mass is 543 g/mol. The molecular formula is C31H33N3O6. The molecule has 1 unspecified atom stereocenters. The van der Waals surface area contributed by atoms with Gasteiger partial charge in [-0.05, 0) is 50.2 Å². The molecule has 6 rings (SSSR count). The summed E-state index contributed by atoms with van der Waals surface area (Å²) in [6.07, 6.45) is 7.40. The number of rotatable bonds is 5. The Labute approximate surface area is 233 Å². The van der Waals surface area contributed by atoms with Crippen LogP contribution >= 0.6 is 0 Å². The van der Waals surface area contributed by atoms with Crippen molar-refractivity contribution in [1.29, 1.82) is 0 Å². The topological polar surface area (TPSA) is 99.6 Å². The van der Waals surface area contributed by atoms with Crippen molar-refractivity contribution in [1.82, 2.24) is 4.90 Å². The van der Waals surface area contributed by atoms with Crippen molar-refractivity contribution in [2.75, 3.05) is 36.6 Å². The second-order valence-corrected chi connectivity index (χ2v) is 11.0. The number of carbonyl (C=O) groups excluding carboxylic acids is 3. The van der Waals surface area contributed by atoms with Crippen LogP contribution in [0.4, 0.5) is 11.4 Å². The molecule has 1 N–H and O–H groups in total. The fourth-order valence-corrected chi connectivity index (χ4v) is 6.86. The lowest BCUT2D eigenvalue weighted by Crippen LogP contribution is -2.58. The highest BCUT2D eigenvalue weighted by Gasteiger charge is 2.75. The van der Waals surface area contributed by atoms with Crippen molar-refractivity contribution in [2.45, 2.75) is 37.1 Å². The molecule has 2 saturated heterocycles. The number of hydrogen-bond acceptors (Lipinski definition) is 6. The minimum absolute atomic E-state index is 0.233. The Morgan fingerprint density at radius 2 is 1.52 bits per heavy atom. The Balaban J connectivity index is 1.47. The van der Waals surface area contributed by atoms with Gasteiger partial charge in [-0.15, -0.1) is 0 Å². The van der Waals surface area contributed by atoms with Gasteiger partial charge in [-0.25, -0.2) is 0 Å². The number of methoxy groups -OCH3 is 1. The maximum absolute atomic E-state index is 14.4. The van der Waals surface area contributed by atoms with Crippen LogP contribution in [0.15, 0.2) is 78.9 Å². The van der Waals surface area contributed by atoms with E-state index in [1.165, 1.54) is 4.90 Å². The third-order valence-corrected chi connectivity index (χ3v) is 8.69. The van der Waals surface area contributed by atoms with Crippen LogP contribution in [0, 0.1) is 11.8 Å². The Kier molecular flexibility index (Phi) is 6.31. The minimum atomic E-state index is -1.39. The van der Waals surface area contributed by atoms with Gasteiger partial charge in [0.15, 0.2) is 0 Å². The molecular weight excluding hydrogens is 510 g/mol. The van der Waals surface area contributed by atoms with Gasteiger partial charge in [0.05, 0.1) is 37.2 Å². The zero-order valence-electron chi connectivity index (χ0n) is 22.8. The zero-order valence-corrected chi connectivity index (χ0v) is 22.8. The van der Waals surface area contributed by atoms with Crippen molar-refractivity contribution >= 4 is 29.1 Å². The molecule has 1 spiro atoms. The number of aliphatic hydroxyl groups is 1. The van der Waals surface area contributed by atoms with Crippen LogP contribution in [-0.4, -0.2) is 77.8 Å². The molecule has 208 valence electrons. The number of nitrogens with zero attached hydrogens (tertiary/aromatic N) is 3. The first-order valence-corrected chi connectivity index (χ1v) is 13.6. The van der Waals surface area contributed by atoms with Crippen LogP contribution in [0.5, 0.6) is 5.75 Å². The third-order valence-electron chi connectivity index (χ3n) is 8.69. The smallest absolute Gasteiger partial charge is 0.253 e. The van der Waals surface area contributed by atoms with E-state index in [9.17, 15) is 19.5 Å². The zero-order chi connectivity index (χ0) is 28.2. The van der Waals surface area contributed by atoms with Gasteiger partial charge >= 0.3 is 0 Å². The van der Waals surface area contributed by atoms with Crippen molar-refractivity contribution in [3.8, 4) is 5.75 Å². The molecule has 9 nitrogen and oxygen atoms in total. The van der Waals surface area contributed by atoms with Crippen LogP contribution < -0.4 is 14.5 Å². The first-order chi connectivity index (χ1) is 19.3. The molecule has 4 heterocycles. The summed E-state index contributed by atoms with van der Waals surface area (Å²) in [6.45, 7) is 3.79. The average Bonchev–Trinajstić information content (AvgIpc) is 3.24. The Hall–Kier alpha value is -3.95. The second kappa shape index (κ2) is 9.60. The summed E-state index contributed by atoms with van der Waals surface area (Å²) in [5.74, 6) is -2.10. The van der Waals surface area contributed by atoms with E-state index < -0.39 is 35.1 Å². The molecule has 2 aromatic carbocycles. The lowest BCUT2D eigenvalue weighted by atomic mass is 9.74. The summed E-state index contributed by atoms with van der Waals surface area (Å²) in [5.41, 5.74) is -1.14. The normalized spacial score (nSPS) is 31.9. The van der Waals surface area contributed by atoms with E-state index in [0.29, 0.717) is 18.0 Å². The van der Waals surface area contributed by atoms with E-state index in [1.54, 1.807) is 54.2 Å². The summed E-state index contributed by atoms with van der Waals surface area (Å²) >= 11 is 0. The molecule has 0 saturated carbocycles. The summed E-state index contributed by atoms with van der Waals surface area (Å²) in [5, 5.41) is 10.2. The molecule has 4 aliphatic heterocycles. The first-order valence-electron chi connectivity index (χ1n) is 13.6. The predicted molar refractivity (Wildman–Crippen MR) is 149 cm³/mol. The van der Waals surface area contributed by atoms with E-state index >= 15 is 0 Å².